The quantitative estimate of drug-likeness (QED) is 0.885. The van der Waals surface area contributed by atoms with Crippen LogP contribution >= 0.6 is 23.2 Å². The van der Waals surface area contributed by atoms with Crippen molar-refractivity contribution in [2.75, 3.05) is 6.61 Å². The van der Waals surface area contributed by atoms with Crippen molar-refractivity contribution in [2.45, 2.75) is 18.9 Å². The van der Waals surface area contributed by atoms with Gasteiger partial charge < -0.3 is 15.4 Å². The van der Waals surface area contributed by atoms with E-state index in [0.717, 1.165) is 5.56 Å². The zero-order chi connectivity index (χ0) is 13.8. The van der Waals surface area contributed by atoms with Gasteiger partial charge in [0.2, 0.25) is 5.89 Å². The number of benzene rings is 1. The van der Waals surface area contributed by atoms with E-state index in [-0.39, 0.29) is 6.61 Å². The van der Waals surface area contributed by atoms with E-state index in [1.165, 1.54) is 0 Å². The lowest BCUT2D eigenvalue weighted by atomic mass is 10.1. The number of hydrogen-bond acceptors (Lipinski definition) is 5. The van der Waals surface area contributed by atoms with Crippen LogP contribution in [0, 0.1) is 0 Å². The van der Waals surface area contributed by atoms with Gasteiger partial charge in [0.05, 0.1) is 16.1 Å². The molecule has 2 rings (SSSR count). The molecule has 1 unspecified atom stereocenters. The van der Waals surface area contributed by atoms with Crippen molar-refractivity contribution in [3.05, 3.63) is 45.5 Å². The second-order valence-electron chi connectivity index (χ2n) is 4.09. The number of nitrogens with two attached hydrogens (primary N) is 1. The third kappa shape index (κ3) is 3.67. The highest BCUT2D eigenvalue weighted by Gasteiger charge is 2.14. The maximum atomic E-state index is 8.80. The normalized spacial score (nSPS) is 12.6. The zero-order valence-corrected chi connectivity index (χ0v) is 11.5. The summed E-state index contributed by atoms with van der Waals surface area (Å²) in [4.78, 5) is 4.19. The highest BCUT2D eigenvalue weighted by Crippen LogP contribution is 2.23. The van der Waals surface area contributed by atoms with Crippen molar-refractivity contribution >= 4 is 23.2 Å². The van der Waals surface area contributed by atoms with Gasteiger partial charge in [0, 0.05) is 13.0 Å². The topological polar surface area (TPSA) is 85.2 Å². The van der Waals surface area contributed by atoms with E-state index in [9.17, 15) is 0 Å². The summed E-state index contributed by atoms with van der Waals surface area (Å²) in [5.74, 6) is 0.839. The maximum Gasteiger partial charge on any atom is 0.243 e. The number of aromatic nitrogens is 2. The third-order valence-electron chi connectivity index (χ3n) is 2.59. The minimum absolute atomic E-state index is 0.0222. The molecule has 1 atom stereocenters. The molecule has 0 amide bonds. The number of rotatable bonds is 5. The summed E-state index contributed by atoms with van der Waals surface area (Å²) in [6.07, 6.45) is 0.862. The van der Waals surface area contributed by atoms with Crippen molar-refractivity contribution in [3.63, 3.8) is 0 Å². The Kier molecular flexibility index (Phi) is 4.76. The van der Waals surface area contributed by atoms with Crippen molar-refractivity contribution in [2.24, 2.45) is 5.73 Å². The number of aliphatic hydroxyl groups excluding tert-OH is 1. The van der Waals surface area contributed by atoms with E-state index in [4.69, 9.17) is 38.6 Å². The molecule has 0 saturated heterocycles. The lowest BCUT2D eigenvalue weighted by Gasteiger charge is -2.02. The van der Waals surface area contributed by atoms with Gasteiger partial charge in [-0.3, -0.25) is 0 Å². The maximum absolute atomic E-state index is 8.80. The summed E-state index contributed by atoms with van der Waals surface area (Å²) < 4.78 is 5.05. The molecule has 3 N–H and O–H groups in total. The van der Waals surface area contributed by atoms with Gasteiger partial charge in [0.25, 0.3) is 0 Å². The molecule has 1 aromatic carbocycles. The molecule has 0 saturated carbocycles. The van der Waals surface area contributed by atoms with Crippen molar-refractivity contribution in [1.29, 1.82) is 0 Å². The summed E-state index contributed by atoms with van der Waals surface area (Å²) in [5.41, 5.74) is 6.69. The minimum Gasteiger partial charge on any atom is -0.396 e. The van der Waals surface area contributed by atoms with Crippen LogP contribution in [0.2, 0.25) is 10.0 Å². The molecule has 0 fully saturated rings. The van der Waals surface area contributed by atoms with Gasteiger partial charge in [-0.15, -0.1) is 0 Å². The Hall–Kier alpha value is -1.14. The molecule has 0 aliphatic rings. The van der Waals surface area contributed by atoms with E-state index in [0.29, 0.717) is 34.6 Å². The molecule has 5 nitrogen and oxygen atoms in total. The van der Waals surface area contributed by atoms with Gasteiger partial charge in [-0.2, -0.15) is 4.98 Å². The van der Waals surface area contributed by atoms with Crippen LogP contribution in [-0.2, 0) is 6.42 Å². The smallest absolute Gasteiger partial charge is 0.243 e. The summed E-state index contributed by atoms with van der Waals surface area (Å²) in [7, 11) is 0. The van der Waals surface area contributed by atoms with Gasteiger partial charge >= 0.3 is 0 Å². The Morgan fingerprint density at radius 3 is 2.79 bits per heavy atom. The Morgan fingerprint density at radius 1 is 1.32 bits per heavy atom. The Balaban J connectivity index is 2.09. The lowest BCUT2D eigenvalue weighted by molar-refractivity contribution is 0.259. The molecular weight excluding hydrogens is 289 g/mol. The molecule has 7 heteroatoms. The highest BCUT2D eigenvalue weighted by atomic mass is 35.5. The van der Waals surface area contributed by atoms with Crippen LogP contribution in [-0.4, -0.2) is 21.9 Å². The molecule has 0 aliphatic heterocycles. The lowest BCUT2D eigenvalue weighted by Crippen LogP contribution is -2.12. The van der Waals surface area contributed by atoms with E-state index in [1.807, 2.05) is 6.07 Å². The fraction of sp³-hybridized carbons (Fsp3) is 0.333. The molecule has 102 valence electrons. The Labute approximate surface area is 120 Å². The number of hydrogen-bond donors (Lipinski definition) is 2. The van der Waals surface area contributed by atoms with E-state index in [1.54, 1.807) is 12.1 Å². The molecule has 1 heterocycles. The van der Waals surface area contributed by atoms with Gasteiger partial charge in [-0.1, -0.05) is 34.4 Å². The number of aliphatic hydroxyl groups is 1. The van der Waals surface area contributed by atoms with Gasteiger partial charge in [0.1, 0.15) is 0 Å². The van der Waals surface area contributed by atoms with Gasteiger partial charge in [-0.25, -0.2) is 0 Å². The van der Waals surface area contributed by atoms with Crippen molar-refractivity contribution in [1.82, 2.24) is 10.1 Å². The van der Waals surface area contributed by atoms with Gasteiger partial charge in [0.15, 0.2) is 5.82 Å². The summed E-state index contributed by atoms with van der Waals surface area (Å²) >= 11 is 11.8. The predicted octanol–water partition coefficient (Wildman–Crippen LogP) is 2.35. The Bertz CT molecular complexity index is 560. The van der Waals surface area contributed by atoms with Crippen LogP contribution in [0.4, 0.5) is 0 Å². The summed E-state index contributed by atoms with van der Waals surface area (Å²) in [6.45, 7) is -0.0222. The van der Waals surface area contributed by atoms with E-state index >= 15 is 0 Å². The average molecular weight is 302 g/mol. The molecule has 1 aromatic heterocycles. The minimum atomic E-state index is -0.444. The third-order valence-corrected chi connectivity index (χ3v) is 3.33. The molecule has 0 bridgehead atoms. The van der Waals surface area contributed by atoms with Crippen LogP contribution in [0.15, 0.2) is 22.7 Å². The van der Waals surface area contributed by atoms with Crippen LogP contribution in [0.1, 0.15) is 29.7 Å². The first-order valence-electron chi connectivity index (χ1n) is 5.73. The zero-order valence-electron chi connectivity index (χ0n) is 10.0. The first-order valence-corrected chi connectivity index (χ1v) is 6.48. The van der Waals surface area contributed by atoms with Crippen molar-refractivity contribution < 1.29 is 9.63 Å². The van der Waals surface area contributed by atoms with Crippen LogP contribution in [0.25, 0.3) is 0 Å². The second-order valence-corrected chi connectivity index (χ2v) is 4.91. The number of nitrogens with zero attached hydrogens (tertiary/aromatic N) is 2. The summed E-state index contributed by atoms with van der Waals surface area (Å²) in [5, 5.41) is 13.6. The predicted molar refractivity (Wildman–Crippen MR) is 72.2 cm³/mol. The largest absolute Gasteiger partial charge is 0.396 e. The van der Waals surface area contributed by atoms with Crippen molar-refractivity contribution in [3.8, 4) is 0 Å². The first-order chi connectivity index (χ1) is 9.10. The fourth-order valence-electron chi connectivity index (χ4n) is 1.58. The van der Waals surface area contributed by atoms with E-state index in [2.05, 4.69) is 10.1 Å². The number of halogens is 2. The monoisotopic (exact) mass is 301 g/mol. The SMILES string of the molecule is NC(CCO)c1nc(Cc2ccc(Cl)c(Cl)c2)no1. The second kappa shape index (κ2) is 6.34. The van der Waals surface area contributed by atoms with E-state index < -0.39 is 6.04 Å². The van der Waals surface area contributed by atoms with Crippen LogP contribution < -0.4 is 5.73 Å². The highest BCUT2D eigenvalue weighted by molar-refractivity contribution is 6.42. The van der Waals surface area contributed by atoms with Gasteiger partial charge in [-0.05, 0) is 24.1 Å². The van der Waals surface area contributed by atoms with Crippen LogP contribution in [0.3, 0.4) is 0 Å². The standard InChI is InChI=1S/C12H13Cl2N3O2/c13-8-2-1-7(5-9(8)14)6-11-16-12(19-17-11)10(15)3-4-18/h1-2,5,10,18H,3-4,6,15H2. The summed E-state index contributed by atoms with van der Waals surface area (Å²) in [6, 6.07) is 4.88. The Morgan fingerprint density at radius 2 is 2.11 bits per heavy atom. The molecule has 0 radical (unpaired) electrons. The average Bonchev–Trinajstić information content (AvgIpc) is 2.83. The first kappa shape index (κ1) is 14.3. The molecule has 0 aliphatic carbocycles. The molecular formula is C12H13Cl2N3O2. The molecule has 2 aromatic rings. The van der Waals surface area contributed by atoms with Crippen LogP contribution in [0.5, 0.6) is 0 Å². The molecule has 19 heavy (non-hydrogen) atoms. The molecule has 0 spiro atoms. The fourth-order valence-corrected chi connectivity index (χ4v) is 1.91.